The highest BCUT2D eigenvalue weighted by Crippen LogP contribution is 2.48. The van der Waals surface area contributed by atoms with Crippen molar-refractivity contribution in [1.29, 1.82) is 0 Å². The number of anilines is 1. The lowest BCUT2D eigenvalue weighted by Crippen LogP contribution is -2.29. The third-order valence-corrected chi connectivity index (χ3v) is 6.85. The topological polar surface area (TPSA) is 89.0 Å². The largest absolute Gasteiger partial charge is 0.507 e. The highest BCUT2D eigenvalue weighted by Gasteiger charge is 2.49. The lowest BCUT2D eigenvalue weighted by atomic mass is 9.94. The number of fused-ring (bicyclic) bond motifs is 1. The Hall–Kier alpha value is -4.31. The second kappa shape index (κ2) is 9.04. The number of carbonyl (C=O) groups excluding carboxylic acids is 2. The van der Waals surface area contributed by atoms with Gasteiger partial charge >= 0.3 is 5.91 Å². The maximum atomic E-state index is 13.8. The van der Waals surface area contributed by atoms with Crippen LogP contribution in [0.4, 0.5) is 13.9 Å². The van der Waals surface area contributed by atoms with Gasteiger partial charge < -0.3 is 14.6 Å². The zero-order valence-electron chi connectivity index (χ0n) is 19.0. The number of hydrogen-bond acceptors (Lipinski definition) is 7. The van der Waals surface area contributed by atoms with Gasteiger partial charge in [-0.3, -0.25) is 14.5 Å². The van der Waals surface area contributed by atoms with Crippen LogP contribution in [-0.4, -0.2) is 36.0 Å². The maximum Gasteiger partial charge on any atom is 0.301 e. The van der Waals surface area contributed by atoms with E-state index in [9.17, 15) is 23.5 Å². The number of aliphatic hydroxyl groups is 1. The minimum absolute atomic E-state index is 0.130. The van der Waals surface area contributed by atoms with Crippen LogP contribution in [0.25, 0.3) is 16.0 Å². The minimum Gasteiger partial charge on any atom is -0.507 e. The summed E-state index contributed by atoms with van der Waals surface area (Å²) in [7, 11) is 2.85. The first-order valence-corrected chi connectivity index (χ1v) is 11.5. The molecule has 0 unspecified atom stereocenters. The summed E-state index contributed by atoms with van der Waals surface area (Å²) in [6, 6.07) is 12.7. The Bertz CT molecular complexity index is 1550. The molecule has 0 radical (unpaired) electrons. The summed E-state index contributed by atoms with van der Waals surface area (Å²) in [4.78, 5) is 32.3. The van der Waals surface area contributed by atoms with Crippen LogP contribution in [0, 0.1) is 11.6 Å². The highest BCUT2D eigenvalue weighted by molar-refractivity contribution is 7.22. The Morgan fingerprint density at radius 2 is 1.72 bits per heavy atom. The molecule has 0 saturated carbocycles. The van der Waals surface area contributed by atoms with Crippen LogP contribution in [-0.2, 0) is 9.59 Å². The summed E-state index contributed by atoms with van der Waals surface area (Å²) in [5.74, 6) is -2.80. The number of ether oxygens (including phenoxy) is 2. The predicted molar refractivity (Wildman–Crippen MR) is 130 cm³/mol. The molecule has 7 nitrogen and oxygen atoms in total. The molecule has 182 valence electrons. The summed E-state index contributed by atoms with van der Waals surface area (Å²) >= 11 is 1.02. The van der Waals surface area contributed by atoms with Crippen molar-refractivity contribution < 1.29 is 33.0 Å². The number of thiazole rings is 1. The third kappa shape index (κ3) is 3.75. The molecule has 1 atom stereocenters. The number of carbonyl (C=O) groups is 2. The molecule has 5 rings (SSSR count). The van der Waals surface area contributed by atoms with Gasteiger partial charge in [-0.25, -0.2) is 13.8 Å². The van der Waals surface area contributed by atoms with Gasteiger partial charge in [-0.05, 0) is 48.5 Å². The molecule has 0 spiro atoms. The Kier molecular flexibility index (Phi) is 5.89. The molecule has 36 heavy (non-hydrogen) atoms. The van der Waals surface area contributed by atoms with Crippen molar-refractivity contribution in [2.45, 2.75) is 6.04 Å². The van der Waals surface area contributed by atoms with Crippen molar-refractivity contribution in [2.24, 2.45) is 0 Å². The normalized spacial score (nSPS) is 17.1. The van der Waals surface area contributed by atoms with Crippen molar-refractivity contribution in [1.82, 2.24) is 4.98 Å². The molecule has 1 saturated heterocycles. The van der Waals surface area contributed by atoms with E-state index in [0.29, 0.717) is 21.5 Å². The Morgan fingerprint density at radius 3 is 2.42 bits per heavy atom. The van der Waals surface area contributed by atoms with Crippen LogP contribution < -0.4 is 14.4 Å². The van der Waals surface area contributed by atoms with Crippen LogP contribution >= 0.6 is 11.3 Å². The average Bonchev–Trinajstić information content (AvgIpc) is 3.40. The first-order chi connectivity index (χ1) is 17.3. The van der Waals surface area contributed by atoms with Crippen LogP contribution in [0.5, 0.6) is 11.5 Å². The maximum absolute atomic E-state index is 13.8. The van der Waals surface area contributed by atoms with Gasteiger partial charge in [0.15, 0.2) is 16.6 Å². The van der Waals surface area contributed by atoms with Gasteiger partial charge in [-0.2, -0.15) is 0 Å². The number of para-hydroxylation sites is 1. The van der Waals surface area contributed by atoms with E-state index in [1.54, 1.807) is 18.2 Å². The average molecular weight is 509 g/mol. The number of ketones is 1. The van der Waals surface area contributed by atoms with Gasteiger partial charge in [-0.1, -0.05) is 23.5 Å². The molecule has 3 aromatic carbocycles. The number of benzene rings is 3. The van der Waals surface area contributed by atoms with E-state index in [2.05, 4.69) is 4.98 Å². The Morgan fingerprint density at radius 1 is 1.00 bits per heavy atom. The van der Waals surface area contributed by atoms with E-state index in [1.165, 1.54) is 44.6 Å². The zero-order chi connectivity index (χ0) is 25.6. The summed E-state index contributed by atoms with van der Waals surface area (Å²) in [6.07, 6.45) is 0. The van der Waals surface area contributed by atoms with Gasteiger partial charge in [-0.15, -0.1) is 0 Å². The lowest BCUT2D eigenvalue weighted by molar-refractivity contribution is -0.132. The van der Waals surface area contributed by atoms with Crippen LogP contribution in [0.15, 0.2) is 66.2 Å². The van der Waals surface area contributed by atoms with E-state index in [1.807, 2.05) is 0 Å². The standard InChI is InChI=1S/C26H18F2N2O5S/c1-34-18-5-3-4-16(24(18)35-2)21-20(22(31)13-6-8-14(27)9-7-13)23(32)25(33)30(21)26-29-17-11-10-15(28)12-19(17)36-26/h3-12,21,31H,1-2H3/t21-/m0/s1. The number of methoxy groups -OCH3 is 2. The van der Waals surface area contributed by atoms with Crippen molar-refractivity contribution in [3.8, 4) is 11.5 Å². The summed E-state index contributed by atoms with van der Waals surface area (Å²) < 4.78 is 38.8. The second-order valence-corrected chi connectivity index (χ2v) is 8.88. The van der Waals surface area contributed by atoms with Gasteiger partial charge in [0.05, 0.1) is 30.0 Å². The molecule has 1 fully saturated rings. The second-order valence-electron chi connectivity index (χ2n) is 7.87. The van der Waals surface area contributed by atoms with Crippen molar-refractivity contribution in [2.75, 3.05) is 19.1 Å². The van der Waals surface area contributed by atoms with E-state index in [-0.39, 0.29) is 22.0 Å². The quantitative estimate of drug-likeness (QED) is 0.226. The summed E-state index contributed by atoms with van der Waals surface area (Å²) in [5.41, 5.74) is 0.703. The minimum atomic E-state index is -1.16. The summed E-state index contributed by atoms with van der Waals surface area (Å²) in [6.45, 7) is 0. The van der Waals surface area contributed by atoms with E-state index < -0.39 is 35.1 Å². The number of amides is 1. The SMILES string of the molecule is COc1cccc([C@H]2C(=C(O)c3ccc(F)cc3)C(=O)C(=O)N2c2nc3ccc(F)cc3s2)c1OC. The smallest absolute Gasteiger partial charge is 0.301 e. The van der Waals surface area contributed by atoms with Crippen LogP contribution in [0.3, 0.4) is 0 Å². The van der Waals surface area contributed by atoms with Gasteiger partial charge in [0, 0.05) is 11.1 Å². The molecule has 2 heterocycles. The molecular formula is C26H18F2N2O5S. The molecule has 4 aromatic rings. The number of hydrogen-bond donors (Lipinski definition) is 1. The number of nitrogens with zero attached hydrogens (tertiary/aromatic N) is 2. The number of Topliss-reactive ketones (excluding diaryl/α,β-unsaturated/α-hetero) is 1. The van der Waals surface area contributed by atoms with Gasteiger partial charge in [0.1, 0.15) is 23.4 Å². The fourth-order valence-electron chi connectivity index (χ4n) is 4.20. The van der Waals surface area contributed by atoms with E-state index >= 15 is 0 Å². The molecule has 0 aliphatic carbocycles. The summed E-state index contributed by atoms with van der Waals surface area (Å²) in [5, 5.41) is 11.3. The third-order valence-electron chi connectivity index (χ3n) is 5.84. The first-order valence-electron chi connectivity index (χ1n) is 10.7. The lowest BCUT2D eigenvalue weighted by Gasteiger charge is -2.25. The van der Waals surface area contributed by atoms with Gasteiger partial charge in [0.2, 0.25) is 0 Å². The molecule has 1 aliphatic heterocycles. The zero-order valence-corrected chi connectivity index (χ0v) is 19.8. The Balaban J connectivity index is 1.79. The molecule has 1 amide bonds. The molecule has 10 heteroatoms. The van der Waals surface area contributed by atoms with Crippen LogP contribution in [0.2, 0.25) is 0 Å². The van der Waals surface area contributed by atoms with E-state index in [4.69, 9.17) is 9.47 Å². The Labute approximate surface area is 207 Å². The van der Waals surface area contributed by atoms with Crippen molar-refractivity contribution >= 4 is 44.1 Å². The first kappa shape index (κ1) is 23.4. The fraction of sp³-hybridized carbons (Fsp3) is 0.115. The molecule has 0 bridgehead atoms. The number of rotatable bonds is 5. The van der Waals surface area contributed by atoms with E-state index in [0.717, 1.165) is 28.4 Å². The van der Waals surface area contributed by atoms with Crippen molar-refractivity contribution in [3.05, 3.63) is 89.0 Å². The number of aliphatic hydroxyl groups excluding tert-OH is 1. The van der Waals surface area contributed by atoms with Gasteiger partial charge in [0.25, 0.3) is 5.78 Å². The van der Waals surface area contributed by atoms with Crippen LogP contribution in [0.1, 0.15) is 17.2 Å². The molecular weight excluding hydrogens is 490 g/mol. The molecule has 1 N–H and O–H groups in total. The fourth-order valence-corrected chi connectivity index (χ4v) is 5.22. The predicted octanol–water partition coefficient (Wildman–Crippen LogP) is 5.22. The molecule has 1 aliphatic rings. The highest BCUT2D eigenvalue weighted by atomic mass is 32.1. The van der Waals surface area contributed by atoms with Crippen molar-refractivity contribution in [3.63, 3.8) is 0 Å². The number of aromatic nitrogens is 1. The molecule has 1 aromatic heterocycles. The monoisotopic (exact) mass is 508 g/mol. The number of halogens is 2.